The quantitative estimate of drug-likeness (QED) is 0.838. The number of carbonyl (C=O) groups excluding carboxylic acids is 1. The Morgan fingerprint density at radius 2 is 2.12 bits per heavy atom. The fourth-order valence-electron chi connectivity index (χ4n) is 3.26. The van der Waals surface area contributed by atoms with Gasteiger partial charge in [-0.05, 0) is 44.0 Å². The van der Waals surface area contributed by atoms with Crippen LogP contribution in [0.1, 0.15) is 44.2 Å². The molecule has 6 nitrogen and oxygen atoms in total. The van der Waals surface area contributed by atoms with E-state index in [-0.39, 0.29) is 17.8 Å². The average Bonchev–Trinajstić information content (AvgIpc) is 3.00. The lowest BCUT2D eigenvalue weighted by Crippen LogP contribution is -2.35. The molecule has 1 aliphatic rings. The summed E-state index contributed by atoms with van der Waals surface area (Å²) in [5.41, 5.74) is 1.29. The molecule has 1 aromatic heterocycles. The second kappa shape index (κ2) is 7.95. The topological polar surface area (TPSA) is 62.5 Å². The van der Waals surface area contributed by atoms with Gasteiger partial charge in [0, 0.05) is 38.2 Å². The molecule has 1 aromatic carbocycles. The Labute approximate surface area is 153 Å². The molecular formula is C19H25FN4O2. The van der Waals surface area contributed by atoms with Crippen LogP contribution in [-0.4, -0.2) is 52.0 Å². The van der Waals surface area contributed by atoms with Crippen molar-refractivity contribution in [2.45, 2.75) is 39.7 Å². The molecule has 3 rings (SSSR count). The van der Waals surface area contributed by atoms with Crippen LogP contribution < -0.4 is 0 Å². The van der Waals surface area contributed by atoms with E-state index in [0.717, 1.165) is 38.2 Å². The molecule has 140 valence electrons. The van der Waals surface area contributed by atoms with Crippen molar-refractivity contribution in [1.82, 2.24) is 19.9 Å². The summed E-state index contributed by atoms with van der Waals surface area (Å²) < 4.78 is 18.9. The molecule has 1 saturated heterocycles. The maximum Gasteiger partial charge on any atom is 0.244 e. The summed E-state index contributed by atoms with van der Waals surface area (Å²) in [5.74, 6) is 0.956. The molecule has 7 heteroatoms. The third-order valence-electron chi connectivity index (χ3n) is 4.95. The molecule has 0 spiro atoms. The van der Waals surface area contributed by atoms with Crippen LogP contribution in [0.5, 0.6) is 0 Å². The smallest absolute Gasteiger partial charge is 0.244 e. The van der Waals surface area contributed by atoms with E-state index in [1.165, 1.54) is 6.07 Å². The van der Waals surface area contributed by atoms with Gasteiger partial charge in [-0.3, -0.25) is 9.69 Å². The molecule has 2 heterocycles. The van der Waals surface area contributed by atoms with Gasteiger partial charge in [0.05, 0.1) is 6.04 Å². The summed E-state index contributed by atoms with van der Waals surface area (Å²) in [6, 6.07) is 4.75. The van der Waals surface area contributed by atoms with E-state index in [9.17, 15) is 9.18 Å². The number of aromatic nitrogens is 2. The Morgan fingerprint density at radius 1 is 1.31 bits per heavy atom. The van der Waals surface area contributed by atoms with Crippen molar-refractivity contribution in [3.63, 3.8) is 0 Å². The van der Waals surface area contributed by atoms with Crippen molar-refractivity contribution < 1.29 is 13.7 Å². The highest BCUT2D eigenvalue weighted by molar-refractivity contribution is 5.75. The highest BCUT2D eigenvalue weighted by Gasteiger charge is 2.25. The molecule has 0 saturated carbocycles. The maximum atomic E-state index is 13.4. The number of rotatable bonds is 4. The Balaban J connectivity index is 1.70. The first kappa shape index (κ1) is 18.5. The molecule has 1 amide bonds. The number of nitrogens with zero attached hydrogens (tertiary/aromatic N) is 4. The normalized spacial score (nSPS) is 17.2. The molecule has 1 aliphatic heterocycles. The van der Waals surface area contributed by atoms with E-state index in [1.807, 2.05) is 18.7 Å². The molecular weight excluding hydrogens is 335 g/mol. The first-order valence-corrected chi connectivity index (χ1v) is 9.11. The van der Waals surface area contributed by atoms with Gasteiger partial charge in [0.15, 0.2) is 0 Å². The minimum absolute atomic E-state index is 0.0329. The van der Waals surface area contributed by atoms with Crippen LogP contribution in [0.4, 0.5) is 4.39 Å². The SMILES string of the molecule is CCC(=O)N1CCCN(C(C)c2nc(-c3ccc(F)c(C)c3)no2)CC1. The van der Waals surface area contributed by atoms with E-state index in [2.05, 4.69) is 15.0 Å². The maximum absolute atomic E-state index is 13.4. The molecule has 1 fully saturated rings. The zero-order chi connectivity index (χ0) is 18.7. The van der Waals surface area contributed by atoms with Crippen LogP contribution in [0.3, 0.4) is 0 Å². The summed E-state index contributed by atoms with van der Waals surface area (Å²) in [6.07, 6.45) is 1.47. The number of halogens is 1. The summed E-state index contributed by atoms with van der Waals surface area (Å²) in [4.78, 5) is 20.6. The molecule has 1 atom stereocenters. The highest BCUT2D eigenvalue weighted by Crippen LogP contribution is 2.24. The van der Waals surface area contributed by atoms with Gasteiger partial charge in [-0.1, -0.05) is 12.1 Å². The Bertz CT molecular complexity index is 777. The Morgan fingerprint density at radius 3 is 2.85 bits per heavy atom. The van der Waals surface area contributed by atoms with Gasteiger partial charge in [-0.25, -0.2) is 4.39 Å². The number of benzene rings is 1. The number of carbonyl (C=O) groups is 1. The van der Waals surface area contributed by atoms with Crippen LogP contribution >= 0.6 is 0 Å². The summed E-state index contributed by atoms with van der Waals surface area (Å²) >= 11 is 0. The molecule has 0 N–H and O–H groups in total. The Kier molecular flexibility index (Phi) is 5.66. The summed E-state index contributed by atoms with van der Waals surface area (Å²) in [7, 11) is 0. The lowest BCUT2D eigenvalue weighted by Gasteiger charge is -2.25. The molecule has 1 unspecified atom stereocenters. The lowest BCUT2D eigenvalue weighted by atomic mass is 10.1. The Hall–Kier alpha value is -2.28. The molecule has 0 aliphatic carbocycles. The minimum atomic E-state index is -0.249. The second-order valence-electron chi connectivity index (χ2n) is 6.72. The van der Waals surface area contributed by atoms with Crippen molar-refractivity contribution in [2.24, 2.45) is 0 Å². The fraction of sp³-hybridized carbons (Fsp3) is 0.526. The van der Waals surface area contributed by atoms with Gasteiger partial charge >= 0.3 is 0 Å². The number of aryl methyl sites for hydroxylation is 1. The largest absolute Gasteiger partial charge is 0.341 e. The van der Waals surface area contributed by atoms with Gasteiger partial charge in [0.25, 0.3) is 0 Å². The predicted octanol–water partition coefficient (Wildman–Crippen LogP) is 3.19. The van der Waals surface area contributed by atoms with Gasteiger partial charge in [0.2, 0.25) is 17.6 Å². The van der Waals surface area contributed by atoms with Gasteiger partial charge in [-0.15, -0.1) is 0 Å². The monoisotopic (exact) mass is 360 g/mol. The second-order valence-corrected chi connectivity index (χ2v) is 6.72. The number of amides is 1. The van der Waals surface area contributed by atoms with Crippen molar-refractivity contribution in [3.8, 4) is 11.4 Å². The number of hydrogen-bond acceptors (Lipinski definition) is 5. The highest BCUT2D eigenvalue weighted by atomic mass is 19.1. The average molecular weight is 360 g/mol. The van der Waals surface area contributed by atoms with Crippen molar-refractivity contribution in [3.05, 3.63) is 35.5 Å². The molecule has 0 bridgehead atoms. The third kappa shape index (κ3) is 3.93. The summed E-state index contributed by atoms with van der Waals surface area (Å²) in [6.45, 7) is 8.80. The fourth-order valence-corrected chi connectivity index (χ4v) is 3.26. The number of hydrogen-bond donors (Lipinski definition) is 0. The molecule has 2 aromatic rings. The standard InChI is InChI=1S/C19H25FN4O2/c1-4-17(25)24-9-5-8-23(10-11-24)14(3)19-21-18(22-26-19)15-6-7-16(20)13(2)12-15/h6-7,12,14H,4-5,8-11H2,1-3H3. The molecule has 0 radical (unpaired) electrons. The minimum Gasteiger partial charge on any atom is -0.341 e. The van der Waals surface area contributed by atoms with Gasteiger partial charge < -0.3 is 9.42 Å². The zero-order valence-corrected chi connectivity index (χ0v) is 15.5. The van der Waals surface area contributed by atoms with E-state index in [0.29, 0.717) is 23.7 Å². The van der Waals surface area contributed by atoms with Gasteiger partial charge in [0.1, 0.15) is 5.82 Å². The zero-order valence-electron chi connectivity index (χ0n) is 15.5. The van der Waals surface area contributed by atoms with Crippen LogP contribution in [0.15, 0.2) is 22.7 Å². The van der Waals surface area contributed by atoms with E-state index < -0.39 is 0 Å². The third-order valence-corrected chi connectivity index (χ3v) is 4.95. The van der Waals surface area contributed by atoms with E-state index in [1.54, 1.807) is 19.1 Å². The first-order valence-electron chi connectivity index (χ1n) is 9.11. The van der Waals surface area contributed by atoms with Crippen LogP contribution in [0.2, 0.25) is 0 Å². The van der Waals surface area contributed by atoms with Crippen LogP contribution in [0.25, 0.3) is 11.4 Å². The van der Waals surface area contributed by atoms with Crippen molar-refractivity contribution in [1.29, 1.82) is 0 Å². The summed E-state index contributed by atoms with van der Waals surface area (Å²) in [5, 5.41) is 4.05. The van der Waals surface area contributed by atoms with Gasteiger partial charge in [-0.2, -0.15) is 4.98 Å². The predicted molar refractivity (Wildman–Crippen MR) is 95.9 cm³/mol. The van der Waals surface area contributed by atoms with Crippen molar-refractivity contribution in [2.75, 3.05) is 26.2 Å². The van der Waals surface area contributed by atoms with E-state index in [4.69, 9.17) is 4.52 Å². The van der Waals surface area contributed by atoms with Crippen LogP contribution in [0, 0.1) is 12.7 Å². The van der Waals surface area contributed by atoms with Crippen LogP contribution in [-0.2, 0) is 4.79 Å². The molecule has 26 heavy (non-hydrogen) atoms. The first-order chi connectivity index (χ1) is 12.5. The lowest BCUT2D eigenvalue weighted by molar-refractivity contribution is -0.130. The van der Waals surface area contributed by atoms with E-state index >= 15 is 0 Å². The van der Waals surface area contributed by atoms with Crippen molar-refractivity contribution >= 4 is 5.91 Å².